The second-order valence-electron chi connectivity index (χ2n) is 4.33. The lowest BCUT2D eigenvalue weighted by atomic mass is 9.94. The summed E-state index contributed by atoms with van der Waals surface area (Å²) in [6.07, 6.45) is 0.144. The first-order chi connectivity index (χ1) is 5.96. The second-order valence-corrected chi connectivity index (χ2v) is 4.33. The van der Waals surface area contributed by atoms with Crippen LogP contribution in [-0.2, 0) is 9.53 Å². The maximum atomic E-state index is 11.3. The van der Waals surface area contributed by atoms with Gasteiger partial charge in [0.05, 0.1) is 40.4 Å². The highest BCUT2D eigenvalue weighted by Gasteiger charge is 2.39. The van der Waals surface area contributed by atoms with Crippen LogP contribution in [0.4, 0.5) is 0 Å². The molecule has 0 aromatic heterocycles. The summed E-state index contributed by atoms with van der Waals surface area (Å²) < 4.78 is 5.42. The first-order valence-corrected chi connectivity index (χ1v) is 4.54. The van der Waals surface area contributed by atoms with Gasteiger partial charge in [-0.15, -0.1) is 0 Å². The molecule has 0 aromatic carbocycles. The third kappa shape index (κ3) is 2.42. The molecule has 0 aromatic rings. The van der Waals surface area contributed by atoms with Crippen molar-refractivity contribution in [3.63, 3.8) is 0 Å². The van der Waals surface area contributed by atoms with Gasteiger partial charge in [-0.25, -0.2) is 0 Å². The molecule has 4 heteroatoms. The summed E-state index contributed by atoms with van der Waals surface area (Å²) in [5, 5.41) is 9.59. The van der Waals surface area contributed by atoms with Crippen LogP contribution in [0.15, 0.2) is 0 Å². The number of nitrogens with zero attached hydrogens (tertiary/aromatic N) is 1. The van der Waals surface area contributed by atoms with Crippen molar-refractivity contribution in [2.24, 2.45) is 5.92 Å². The monoisotopic (exact) mass is 188 g/mol. The molecule has 4 nitrogen and oxygen atoms in total. The van der Waals surface area contributed by atoms with Gasteiger partial charge < -0.3 is 14.3 Å². The molecule has 0 aliphatic carbocycles. The maximum absolute atomic E-state index is 11.3. The summed E-state index contributed by atoms with van der Waals surface area (Å²) in [5.41, 5.74) is 0. The summed E-state index contributed by atoms with van der Waals surface area (Å²) in [4.78, 5) is 11.3. The van der Waals surface area contributed by atoms with Crippen LogP contribution in [0.3, 0.4) is 0 Å². The zero-order valence-electron chi connectivity index (χ0n) is 8.49. The van der Waals surface area contributed by atoms with E-state index in [9.17, 15) is 9.90 Å². The Balaban J connectivity index is 2.65. The van der Waals surface area contributed by atoms with Crippen LogP contribution >= 0.6 is 0 Å². The molecule has 0 saturated carbocycles. The molecular formula is C9H18NO3+. The molecule has 1 aliphatic rings. The van der Waals surface area contributed by atoms with Crippen molar-refractivity contribution in [1.29, 1.82) is 0 Å². The normalized spacial score (nSPS) is 32.6. The molecule has 13 heavy (non-hydrogen) atoms. The Hall–Kier alpha value is -0.610. The Morgan fingerprint density at radius 3 is 2.69 bits per heavy atom. The lowest BCUT2D eigenvalue weighted by Crippen LogP contribution is -2.54. The lowest BCUT2D eigenvalue weighted by molar-refractivity contribution is -0.898. The highest BCUT2D eigenvalue weighted by atomic mass is 16.5. The number of aliphatic hydroxyl groups excluding tert-OH is 1. The van der Waals surface area contributed by atoms with Gasteiger partial charge in [0.25, 0.3) is 0 Å². The van der Waals surface area contributed by atoms with Crippen LogP contribution < -0.4 is 0 Å². The zero-order valence-corrected chi connectivity index (χ0v) is 8.49. The van der Waals surface area contributed by atoms with Crippen molar-refractivity contribution < 1.29 is 19.1 Å². The third-order valence-electron chi connectivity index (χ3n) is 2.69. The number of esters is 1. The molecule has 0 amide bonds. The van der Waals surface area contributed by atoms with Gasteiger partial charge in [-0.3, -0.25) is 4.79 Å². The average molecular weight is 188 g/mol. The number of hydrogen-bond donors (Lipinski definition) is 1. The summed E-state index contributed by atoms with van der Waals surface area (Å²) in [7, 11) is 5.48. The molecule has 1 aliphatic heterocycles. The Morgan fingerprint density at radius 2 is 2.15 bits per heavy atom. The quantitative estimate of drug-likeness (QED) is 0.450. The van der Waals surface area contributed by atoms with E-state index in [1.54, 1.807) is 0 Å². The minimum absolute atomic E-state index is 0.293. The lowest BCUT2D eigenvalue weighted by Gasteiger charge is -2.39. The standard InChI is InChI=1S/C9H18NO3/c1-10(2)5-4-8(11)7(6-10)9(12)13-3/h7-8,11H,4-6H2,1-3H3/q+1. The summed E-state index contributed by atoms with van der Waals surface area (Å²) >= 11 is 0. The van der Waals surface area contributed by atoms with Gasteiger partial charge in [0.15, 0.2) is 0 Å². The molecule has 0 spiro atoms. The van der Waals surface area contributed by atoms with Crippen LogP contribution in [0.2, 0.25) is 0 Å². The van der Waals surface area contributed by atoms with Crippen LogP contribution in [0, 0.1) is 5.92 Å². The molecule has 0 bridgehead atoms. The van der Waals surface area contributed by atoms with E-state index < -0.39 is 6.10 Å². The number of rotatable bonds is 1. The Labute approximate surface area is 78.7 Å². The van der Waals surface area contributed by atoms with Gasteiger partial charge in [-0.2, -0.15) is 0 Å². The average Bonchev–Trinajstić information content (AvgIpc) is 2.08. The number of carbonyl (C=O) groups excluding carboxylic acids is 1. The van der Waals surface area contributed by atoms with E-state index in [-0.39, 0.29) is 11.9 Å². The van der Waals surface area contributed by atoms with Crippen LogP contribution in [0.25, 0.3) is 0 Å². The van der Waals surface area contributed by atoms with Crippen LogP contribution in [0.1, 0.15) is 6.42 Å². The van der Waals surface area contributed by atoms with Gasteiger partial charge in [0.1, 0.15) is 5.92 Å². The van der Waals surface area contributed by atoms with Gasteiger partial charge in [0, 0.05) is 6.42 Å². The van der Waals surface area contributed by atoms with Crippen LogP contribution in [0.5, 0.6) is 0 Å². The van der Waals surface area contributed by atoms with E-state index in [1.807, 2.05) is 0 Å². The van der Waals surface area contributed by atoms with Crippen molar-refractivity contribution in [3.8, 4) is 0 Å². The molecule has 1 N–H and O–H groups in total. The van der Waals surface area contributed by atoms with Gasteiger partial charge >= 0.3 is 5.97 Å². The fraction of sp³-hybridized carbons (Fsp3) is 0.889. The first-order valence-electron chi connectivity index (χ1n) is 4.54. The second kappa shape index (κ2) is 3.64. The number of carbonyl (C=O) groups is 1. The van der Waals surface area contributed by atoms with E-state index in [1.165, 1.54) is 7.11 Å². The van der Waals surface area contributed by atoms with E-state index >= 15 is 0 Å². The highest BCUT2D eigenvalue weighted by Crippen LogP contribution is 2.21. The third-order valence-corrected chi connectivity index (χ3v) is 2.69. The first kappa shape index (κ1) is 10.5. The minimum atomic E-state index is -0.529. The van der Waals surface area contributed by atoms with Crippen molar-refractivity contribution in [2.45, 2.75) is 12.5 Å². The molecule has 1 fully saturated rings. The molecule has 1 rings (SSSR count). The van der Waals surface area contributed by atoms with Crippen molar-refractivity contribution >= 4 is 5.97 Å². The van der Waals surface area contributed by atoms with E-state index in [0.29, 0.717) is 13.0 Å². The highest BCUT2D eigenvalue weighted by molar-refractivity contribution is 5.73. The predicted octanol–water partition coefficient (Wildman–Crippen LogP) is -0.383. The molecule has 0 radical (unpaired) electrons. The zero-order chi connectivity index (χ0) is 10.1. The largest absolute Gasteiger partial charge is 0.469 e. The molecule has 2 unspecified atom stereocenters. The molecule has 76 valence electrons. The summed E-state index contributed by atoms with van der Waals surface area (Å²) in [6.45, 7) is 1.57. The van der Waals surface area contributed by atoms with E-state index in [2.05, 4.69) is 18.8 Å². The SMILES string of the molecule is COC(=O)C1C[N+](C)(C)CCC1O. The van der Waals surface area contributed by atoms with Gasteiger partial charge in [-0.05, 0) is 0 Å². The van der Waals surface area contributed by atoms with Crippen molar-refractivity contribution in [2.75, 3.05) is 34.3 Å². The van der Waals surface area contributed by atoms with Gasteiger partial charge in [-0.1, -0.05) is 0 Å². The number of methoxy groups -OCH3 is 1. The molecule has 2 atom stereocenters. The van der Waals surface area contributed by atoms with Crippen molar-refractivity contribution in [1.82, 2.24) is 0 Å². The van der Waals surface area contributed by atoms with Crippen LogP contribution in [-0.4, -0.2) is 56.0 Å². The minimum Gasteiger partial charge on any atom is -0.469 e. The number of piperidine rings is 1. The molecular weight excluding hydrogens is 170 g/mol. The fourth-order valence-corrected chi connectivity index (χ4v) is 1.81. The fourth-order valence-electron chi connectivity index (χ4n) is 1.81. The van der Waals surface area contributed by atoms with Gasteiger partial charge in [0.2, 0.25) is 0 Å². The Bertz CT molecular complexity index is 203. The number of likely N-dealkylation sites (tertiary alicyclic amines) is 1. The summed E-state index contributed by atoms with van der Waals surface area (Å²) in [6, 6.07) is 0. The van der Waals surface area contributed by atoms with E-state index in [4.69, 9.17) is 0 Å². The number of ether oxygens (including phenoxy) is 1. The Morgan fingerprint density at radius 1 is 1.54 bits per heavy atom. The number of hydrogen-bond acceptors (Lipinski definition) is 3. The summed E-state index contributed by atoms with van der Waals surface area (Å²) in [5.74, 6) is -0.646. The molecule has 1 saturated heterocycles. The molecule has 1 heterocycles. The van der Waals surface area contributed by atoms with E-state index in [0.717, 1.165) is 11.0 Å². The number of quaternary nitrogens is 1. The maximum Gasteiger partial charge on any atom is 0.317 e. The predicted molar refractivity (Wildman–Crippen MR) is 48.0 cm³/mol. The van der Waals surface area contributed by atoms with Crippen molar-refractivity contribution in [3.05, 3.63) is 0 Å². The Kier molecular flexibility index (Phi) is 2.93. The topological polar surface area (TPSA) is 46.5 Å². The number of aliphatic hydroxyl groups is 1. The smallest absolute Gasteiger partial charge is 0.317 e.